The van der Waals surface area contributed by atoms with Crippen LogP contribution in [0.25, 0.3) is 0 Å². The van der Waals surface area contributed by atoms with Gasteiger partial charge >= 0.3 is 5.97 Å². The molecule has 106 valence electrons. The van der Waals surface area contributed by atoms with Crippen LogP contribution in [0.1, 0.15) is 16.2 Å². The molecule has 1 aromatic carbocycles. The highest BCUT2D eigenvalue weighted by atomic mass is 32.2. The van der Waals surface area contributed by atoms with Crippen molar-refractivity contribution in [1.82, 2.24) is 10.1 Å². The Bertz CT molecular complexity index is 758. The van der Waals surface area contributed by atoms with Gasteiger partial charge in [-0.3, -0.25) is 0 Å². The number of halogens is 2. The zero-order chi connectivity index (χ0) is 14.9. The van der Waals surface area contributed by atoms with Gasteiger partial charge in [-0.25, -0.2) is 22.0 Å². The minimum atomic E-state index is -4.36. The molecule has 0 unspecified atom stereocenters. The topological polar surface area (TPSA) is 110 Å². The summed E-state index contributed by atoms with van der Waals surface area (Å²) < 4.78 is 55.0. The van der Waals surface area contributed by atoms with Crippen molar-refractivity contribution < 1.29 is 31.6 Å². The SMILES string of the molecule is O=C(O)c1cc(F)c(F)c(S(=O)(=O)Cc2ncon2)c1. The van der Waals surface area contributed by atoms with Gasteiger partial charge in [-0.2, -0.15) is 4.98 Å². The summed E-state index contributed by atoms with van der Waals surface area (Å²) in [5, 5.41) is 12.0. The molecule has 1 aromatic heterocycles. The molecule has 2 rings (SSSR count). The lowest BCUT2D eigenvalue weighted by molar-refractivity contribution is 0.0696. The lowest BCUT2D eigenvalue weighted by Crippen LogP contribution is -2.11. The van der Waals surface area contributed by atoms with Gasteiger partial charge in [-0.05, 0) is 12.1 Å². The second kappa shape index (κ2) is 4.96. The third-order valence-corrected chi connectivity index (χ3v) is 3.91. The van der Waals surface area contributed by atoms with Gasteiger partial charge in [-0.15, -0.1) is 0 Å². The van der Waals surface area contributed by atoms with Gasteiger partial charge in [0, 0.05) is 0 Å². The van der Waals surface area contributed by atoms with Gasteiger partial charge in [0.1, 0.15) is 10.6 Å². The molecule has 1 N–H and O–H groups in total. The van der Waals surface area contributed by atoms with Crippen LogP contribution in [-0.4, -0.2) is 29.6 Å². The molecule has 0 fully saturated rings. The van der Waals surface area contributed by atoms with Crippen LogP contribution in [0.5, 0.6) is 0 Å². The third kappa shape index (κ3) is 2.64. The van der Waals surface area contributed by atoms with Gasteiger partial charge < -0.3 is 9.63 Å². The molecule has 20 heavy (non-hydrogen) atoms. The summed E-state index contributed by atoms with van der Waals surface area (Å²) >= 11 is 0. The molecule has 0 aliphatic carbocycles. The number of benzene rings is 1. The van der Waals surface area contributed by atoms with Crippen molar-refractivity contribution in [2.45, 2.75) is 10.6 Å². The largest absolute Gasteiger partial charge is 0.478 e. The van der Waals surface area contributed by atoms with E-state index in [0.29, 0.717) is 12.1 Å². The first kappa shape index (κ1) is 14.1. The number of aromatic nitrogens is 2. The summed E-state index contributed by atoms with van der Waals surface area (Å²) in [4.78, 5) is 13.1. The Labute approximate surface area is 110 Å². The Balaban J connectivity index is 2.53. The summed E-state index contributed by atoms with van der Waals surface area (Å²) in [6.45, 7) is 0. The van der Waals surface area contributed by atoms with Crippen molar-refractivity contribution in [1.29, 1.82) is 0 Å². The van der Waals surface area contributed by atoms with Gasteiger partial charge in [0.25, 0.3) is 0 Å². The summed E-state index contributed by atoms with van der Waals surface area (Å²) in [7, 11) is -4.36. The maximum Gasteiger partial charge on any atom is 0.335 e. The molecule has 0 radical (unpaired) electrons. The predicted molar refractivity (Wildman–Crippen MR) is 58.5 cm³/mol. The zero-order valence-corrected chi connectivity index (χ0v) is 10.4. The van der Waals surface area contributed by atoms with Crippen molar-refractivity contribution in [2.75, 3.05) is 0 Å². The van der Waals surface area contributed by atoms with Crippen molar-refractivity contribution >= 4 is 15.8 Å². The first-order chi connectivity index (χ1) is 9.31. The minimum absolute atomic E-state index is 0.259. The maximum absolute atomic E-state index is 13.6. The average Bonchev–Trinajstić information content (AvgIpc) is 2.83. The Kier molecular flexibility index (Phi) is 3.49. The predicted octanol–water partition coefficient (Wildman–Crippen LogP) is 1.02. The summed E-state index contributed by atoms with van der Waals surface area (Å²) in [6.07, 6.45) is 0.871. The molecule has 1 heterocycles. The molecule has 0 bridgehead atoms. The Morgan fingerprint density at radius 2 is 2.05 bits per heavy atom. The first-order valence-electron chi connectivity index (χ1n) is 5.01. The highest BCUT2D eigenvalue weighted by molar-refractivity contribution is 7.90. The van der Waals surface area contributed by atoms with E-state index in [0.717, 1.165) is 6.39 Å². The molecule has 0 atom stereocenters. The van der Waals surface area contributed by atoms with E-state index in [4.69, 9.17) is 5.11 Å². The number of nitrogens with zero attached hydrogens (tertiary/aromatic N) is 2. The Hall–Kier alpha value is -2.36. The molecule has 0 spiro atoms. The lowest BCUT2D eigenvalue weighted by atomic mass is 10.2. The van der Waals surface area contributed by atoms with E-state index in [1.807, 2.05) is 0 Å². The lowest BCUT2D eigenvalue weighted by Gasteiger charge is -2.06. The molecule has 10 heteroatoms. The van der Waals surface area contributed by atoms with E-state index in [9.17, 15) is 22.0 Å². The van der Waals surface area contributed by atoms with Crippen LogP contribution in [-0.2, 0) is 15.6 Å². The van der Waals surface area contributed by atoms with Crippen molar-refractivity contribution in [2.24, 2.45) is 0 Å². The highest BCUT2D eigenvalue weighted by Gasteiger charge is 2.26. The van der Waals surface area contributed by atoms with Crippen LogP contribution in [0, 0.1) is 11.6 Å². The van der Waals surface area contributed by atoms with E-state index in [1.165, 1.54) is 0 Å². The molecule has 0 aliphatic rings. The highest BCUT2D eigenvalue weighted by Crippen LogP contribution is 2.22. The fourth-order valence-corrected chi connectivity index (χ4v) is 2.72. The number of sulfone groups is 1. The number of aromatic carboxylic acids is 1. The van der Waals surface area contributed by atoms with Crippen molar-refractivity contribution in [3.63, 3.8) is 0 Å². The molecular weight excluding hydrogens is 298 g/mol. The van der Waals surface area contributed by atoms with Crippen LogP contribution in [0.2, 0.25) is 0 Å². The van der Waals surface area contributed by atoms with Gasteiger partial charge in [0.15, 0.2) is 27.3 Å². The fourth-order valence-electron chi connectivity index (χ4n) is 1.42. The summed E-state index contributed by atoms with van der Waals surface area (Å²) in [5.41, 5.74) is -0.685. The van der Waals surface area contributed by atoms with Gasteiger partial charge in [-0.1, -0.05) is 5.16 Å². The van der Waals surface area contributed by atoms with Crippen LogP contribution < -0.4 is 0 Å². The summed E-state index contributed by atoms with van der Waals surface area (Å²) in [5.74, 6) is -5.91. The molecule has 0 amide bonds. The van der Waals surface area contributed by atoms with Crippen molar-refractivity contribution in [3.8, 4) is 0 Å². The van der Waals surface area contributed by atoms with Crippen LogP contribution in [0.3, 0.4) is 0 Å². The molecule has 0 saturated carbocycles. The van der Waals surface area contributed by atoms with Gasteiger partial charge in [0.2, 0.25) is 6.39 Å². The van der Waals surface area contributed by atoms with E-state index < -0.39 is 43.7 Å². The van der Waals surface area contributed by atoms with E-state index in [-0.39, 0.29) is 5.82 Å². The zero-order valence-electron chi connectivity index (χ0n) is 9.58. The number of rotatable bonds is 4. The Morgan fingerprint density at radius 3 is 2.60 bits per heavy atom. The minimum Gasteiger partial charge on any atom is -0.478 e. The normalized spacial score (nSPS) is 11.5. The van der Waals surface area contributed by atoms with Crippen molar-refractivity contribution in [3.05, 3.63) is 41.5 Å². The second-order valence-electron chi connectivity index (χ2n) is 3.68. The number of hydrogen-bond acceptors (Lipinski definition) is 6. The van der Waals surface area contributed by atoms with E-state index >= 15 is 0 Å². The molecule has 2 aromatic rings. The second-order valence-corrected chi connectivity index (χ2v) is 5.64. The maximum atomic E-state index is 13.6. The first-order valence-corrected chi connectivity index (χ1v) is 6.67. The molecule has 0 aliphatic heterocycles. The van der Waals surface area contributed by atoms with Crippen LogP contribution in [0.15, 0.2) is 27.9 Å². The molecular formula is C10H6F2N2O5S. The fraction of sp³-hybridized carbons (Fsp3) is 0.100. The quantitative estimate of drug-likeness (QED) is 0.897. The number of carboxylic acids is 1. The molecule has 0 saturated heterocycles. The van der Waals surface area contributed by atoms with E-state index in [1.54, 1.807) is 0 Å². The number of hydrogen-bond donors (Lipinski definition) is 1. The Morgan fingerprint density at radius 1 is 1.35 bits per heavy atom. The smallest absolute Gasteiger partial charge is 0.335 e. The van der Waals surface area contributed by atoms with Crippen LogP contribution in [0.4, 0.5) is 8.78 Å². The average molecular weight is 304 g/mol. The number of carboxylic acid groups (broad SMARTS) is 1. The van der Waals surface area contributed by atoms with E-state index in [2.05, 4.69) is 14.7 Å². The molecule has 7 nitrogen and oxygen atoms in total. The summed E-state index contributed by atoms with van der Waals surface area (Å²) in [6, 6.07) is 0.932. The van der Waals surface area contributed by atoms with Gasteiger partial charge in [0.05, 0.1) is 5.56 Å². The van der Waals surface area contributed by atoms with Crippen LogP contribution >= 0.6 is 0 Å². The monoisotopic (exact) mass is 304 g/mol. The third-order valence-electron chi connectivity index (χ3n) is 2.30. The number of carbonyl (C=O) groups is 1. The standard InChI is InChI=1S/C10H6F2N2O5S/c11-6-1-5(10(15)16)2-7(9(6)12)20(17,18)3-8-13-4-19-14-8/h1-2,4H,3H2,(H,15,16).